The van der Waals surface area contributed by atoms with Crippen molar-refractivity contribution >= 4 is 27.3 Å². The summed E-state index contributed by atoms with van der Waals surface area (Å²) in [5, 5.41) is 2.74. The highest BCUT2D eigenvalue weighted by Crippen LogP contribution is 2.25. The number of anilines is 2. The zero-order valence-corrected chi connectivity index (χ0v) is 17.9. The number of amides is 1. The topological polar surface area (TPSA) is 75.7 Å². The summed E-state index contributed by atoms with van der Waals surface area (Å²) in [4.78, 5) is 12.6. The van der Waals surface area contributed by atoms with E-state index >= 15 is 0 Å². The molecule has 3 rings (SSSR count). The number of carbonyl (C=O) groups excluding carboxylic acids is 1. The Morgan fingerprint density at radius 1 is 0.900 bits per heavy atom. The Balaban J connectivity index is 1.70. The van der Waals surface area contributed by atoms with Gasteiger partial charge in [0.15, 0.2) is 0 Å². The van der Waals surface area contributed by atoms with E-state index < -0.39 is 15.9 Å². The summed E-state index contributed by atoms with van der Waals surface area (Å²) in [5.41, 5.74) is 2.82. The number of aryl methyl sites for hydroxylation is 1. The predicted octanol–water partition coefficient (Wildman–Crippen LogP) is 4.50. The van der Waals surface area contributed by atoms with Crippen molar-refractivity contribution in [1.29, 1.82) is 0 Å². The van der Waals surface area contributed by atoms with E-state index in [1.165, 1.54) is 0 Å². The number of para-hydroxylation sites is 1. The second-order valence-electron chi connectivity index (χ2n) is 6.98. The van der Waals surface area contributed by atoms with Gasteiger partial charge < -0.3 is 10.1 Å². The third-order valence-electron chi connectivity index (χ3n) is 4.65. The van der Waals surface area contributed by atoms with E-state index in [9.17, 15) is 13.2 Å². The van der Waals surface area contributed by atoms with Crippen molar-refractivity contribution in [3.8, 4) is 11.5 Å². The van der Waals surface area contributed by atoms with E-state index in [0.29, 0.717) is 22.9 Å². The molecule has 1 amide bonds. The van der Waals surface area contributed by atoms with Gasteiger partial charge in [0.2, 0.25) is 15.9 Å². The number of sulfonamides is 1. The van der Waals surface area contributed by atoms with E-state index in [0.717, 1.165) is 21.7 Å². The molecule has 0 radical (unpaired) electrons. The summed E-state index contributed by atoms with van der Waals surface area (Å²) in [6.07, 6.45) is 1.10. The van der Waals surface area contributed by atoms with E-state index in [2.05, 4.69) is 5.32 Å². The van der Waals surface area contributed by atoms with Crippen molar-refractivity contribution in [2.45, 2.75) is 13.8 Å². The first-order valence-corrected chi connectivity index (χ1v) is 11.3. The first kappa shape index (κ1) is 21.4. The highest BCUT2D eigenvalue weighted by molar-refractivity contribution is 7.92. The number of nitrogens with one attached hydrogen (secondary N) is 1. The minimum absolute atomic E-state index is 0.314. The van der Waals surface area contributed by atoms with Crippen LogP contribution in [0.4, 0.5) is 11.4 Å². The fourth-order valence-electron chi connectivity index (χ4n) is 2.95. The minimum atomic E-state index is -3.63. The molecule has 0 heterocycles. The van der Waals surface area contributed by atoms with Gasteiger partial charge in [-0.2, -0.15) is 0 Å². The van der Waals surface area contributed by atoms with Crippen LogP contribution in [0.3, 0.4) is 0 Å². The monoisotopic (exact) mass is 424 g/mol. The van der Waals surface area contributed by atoms with Crippen LogP contribution in [0.1, 0.15) is 11.1 Å². The number of benzene rings is 3. The highest BCUT2D eigenvalue weighted by atomic mass is 32.2. The average molecular weight is 425 g/mol. The number of hydrogen-bond donors (Lipinski definition) is 1. The molecule has 6 nitrogen and oxygen atoms in total. The molecule has 3 aromatic rings. The molecule has 0 saturated heterocycles. The zero-order chi connectivity index (χ0) is 21.7. The largest absolute Gasteiger partial charge is 0.457 e. The first-order chi connectivity index (χ1) is 14.2. The molecular formula is C23H24N2O4S. The lowest BCUT2D eigenvalue weighted by molar-refractivity contribution is -0.114. The van der Waals surface area contributed by atoms with Gasteiger partial charge >= 0.3 is 0 Å². The Bertz CT molecular complexity index is 1130. The van der Waals surface area contributed by atoms with Crippen LogP contribution in [-0.4, -0.2) is 27.1 Å². The fraction of sp³-hybridized carbons (Fsp3) is 0.174. The van der Waals surface area contributed by atoms with Gasteiger partial charge in [0.1, 0.15) is 18.0 Å². The van der Waals surface area contributed by atoms with Gasteiger partial charge in [0, 0.05) is 5.69 Å². The number of carbonyl (C=O) groups is 1. The third-order valence-corrected chi connectivity index (χ3v) is 5.78. The van der Waals surface area contributed by atoms with Crippen molar-refractivity contribution in [1.82, 2.24) is 0 Å². The molecule has 156 valence electrons. The second-order valence-corrected chi connectivity index (χ2v) is 8.88. The summed E-state index contributed by atoms with van der Waals surface area (Å²) < 4.78 is 31.5. The fourth-order valence-corrected chi connectivity index (χ4v) is 3.86. The van der Waals surface area contributed by atoms with Gasteiger partial charge in [-0.25, -0.2) is 8.42 Å². The van der Waals surface area contributed by atoms with Crippen LogP contribution in [0, 0.1) is 13.8 Å². The van der Waals surface area contributed by atoms with Crippen molar-refractivity contribution in [2.75, 3.05) is 22.4 Å². The summed E-state index contributed by atoms with van der Waals surface area (Å²) in [5.74, 6) is 0.914. The standard InChI is InChI=1S/C23H24N2O4S/c1-17-8-7-11-22(18(17)2)25(30(3,27)28)16-23(26)24-19-12-14-21(15-13-19)29-20-9-5-4-6-10-20/h4-15H,16H2,1-3H3,(H,24,26). The number of rotatable bonds is 7. The van der Waals surface area contributed by atoms with Crippen molar-refractivity contribution in [3.05, 3.63) is 83.9 Å². The lowest BCUT2D eigenvalue weighted by Crippen LogP contribution is -2.38. The Labute approximate surface area is 177 Å². The van der Waals surface area contributed by atoms with Crippen LogP contribution >= 0.6 is 0 Å². The van der Waals surface area contributed by atoms with Crippen LogP contribution in [0.5, 0.6) is 11.5 Å². The zero-order valence-electron chi connectivity index (χ0n) is 17.1. The van der Waals surface area contributed by atoms with E-state index in [1.807, 2.05) is 50.2 Å². The minimum Gasteiger partial charge on any atom is -0.457 e. The Kier molecular flexibility index (Phi) is 6.42. The van der Waals surface area contributed by atoms with Crippen LogP contribution < -0.4 is 14.4 Å². The molecule has 0 aliphatic heterocycles. The maximum atomic E-state index is 12.6. The van der Waals surface area contributed by atoms with E-state index in [4.69, 9.17) is 4.74 Å². The third kappa shape index (κ3) is 5.39. The highest BCUT2D eigenvalue weighted by Gasteiger charge is 2.22. The van der Waals surface area contributed by atoms with E-state index in [1.54, 1.807) is 36.4 Å². The molecule has 3 aromatic carbocycles. The normalized spacial score (nSPS) is 11.0. The average Bonchev–Trinajstić information content (AvgIpc) is 2.70. The SMILES string of the molecule is Cc1cccc(N(CC(=O)Nc2ccc(Oc3ccccc3)cc2)S(C)(=O)=O)c1C. The molecule has 0 aliphatic rings. The quantitative estimate of drug-likeness (QED) is 0.606. The van der Waals surface area contributed by atoms with Crippen LogP contribution in [0.25, 0.3) is 0 Å². The Hall–Kier alpha value is -3.32. The molecule has 0 atom stereocenters. The van der Waals surface area contributed by atoms with Crippen LogP contribution in [0.15, 0.2) is 72.8 Å². The Morgan fingerprint density at radius 2 is 1.53 bits per heavy atom. The molecule has 0 unspecified atom stereocenters. The smallest absolute Gasteiger partial charge is 0.245 e. The number of ether oxygens (including phenoxy) is 1. The van der Waals surface area contributed by atoms with Gasteiger partial charge in [-0.3, -0.25) is 9.10 Å². The van der Waals surface area contributed by atoms with Crippen molar-refractivity contribution in [3.63, 3.8) is 0 Å². The van der Waals surface area contributed by atoms with Gasteiger partial charge in [0.25, 0.3) is 0 Å². The molecule has 0 aromatic heterocycles. The van der Waals surface area contributed by atoms with Crippen LogP contribution in [-0.2, 0) is 14.8 Å². The van der Waals surface area contributed by atoms with Crippen LogP contribution in [0.2, 0.25) is 0 Å². The van der Waals surface area contributed by atoms with Gasteiger partial charge in [-0.05, 0) is 67.4 Å². The number of hydrogen-bond acceptors (Lipinski definition) is 4. The first-order valence-electron chi connectivity index (χ1n) is 9.41. The summed E-state index contributed by atoms with van der Waals surface area (Å²) >= 11 is 0. The number of nitrogens with zero attached hydrogens (tertiary/aromatic N) is 1. The molecule has 30 heavy (non-hydrogen) atoms. The second kappa shape index (κ2) is 9.00. The molecule has 0 spiro atoms. The Morgan fingerprint density at radius 3 is 2.17 bits per heavy atom. The molecule has 0 aliphatic carbocycles. The summed E-state index contributed by atoms with van der Waals surface area (Å²) in [6, 6.07) is 21.6. The lowest BCUT2D eigenvalue weighted by atomic mass is 10.1. The van der Waals surface area contributed by atoms with Gasteiger partial charge in [-0.1, -0.05) is 30.3 Å². The molecular weight excluding hydrogens is 400 g/mol. The van der Waals surface area contributed by atoms with Gasteiger partial charge in [-0.15, -0.1) is 0 Å². The van der Waals surface area contributed by atoms with Crippen molar-refractivity contribution in [2.24, 2.45) is 0 Å². The van der Waals surface area contributed by atoms with Gasteiger partial charge in [0.05, 0.1) is 11.9 Å². The summed E-state index contributed by atoms with van der Waals surface area (Å²) in [6.45, 7) is 3.43. The predicted molar refractivity (Wildman–Crippen MR) is 120 cm³/mol. The van der Waals surface area contributed by atoms with E-state index in [-0.39, 0.29) is 6.54 Å². The maximum Gasteiger partial charge on any atom is 0.245 e. The maximum absolute atomic E-state index is 12.6. The summed E-state index contributed by atoms with van der Waals surface area (Å²) in [7, 11) is -3.63. The molecule has 1 N–H and O–H groups in total. The molecule has 0 fully saturated rings. The molecule has 7 heteroatoms. The lowest BCUT2D eigenvalue weighted by Gasteiger charge is -2.24. The molecule has 0 bridgehead atoms. The molecule has 0 saturated carbocycles. The van der Waals surface area contributed by atoms with Crippen molar-refractivity contribution < 1.29 is 17.9 Å².